The Morgan fingerprint density at radius 3 is 3.00 bits per heavy atom. The summed E-state index contributed by atoms with van der Waals surface area (Å²) >= 11 is 0. The molecule has 2 heterocycles. The number of nitrogens with one attached hydrogen (secondary N) is 2. The van der Waals surface area contributed by atoms with Crippen LogP contribution in [0.25, 0.3) is 11.2 Å². The van der Waals surface area contributed by atoms with Crippen molar-refractivity contribution in [3.63, 3.8) is 0 Å². The van der Waals surface area contributed by atoms with E-state index in [1.54, 1.807) is 12.5 Å². The Labute approximate surface area is 109 Å². The molecule has 0 amide bonds. The standard InChI is InChI=1S/C13H12N6/c1-9-4-2-3-5-10(9)6-18-19-13-11-12(15-7-14-11)16-8-17-13/h2-8H,1H3,(H2,14,15,16,17,19). The Hall–Kier alpha value is -2.76. The topological polar surface area (TPSA) is 78.8 Å². The average molecular weight is 252 g/mol. The summed E-state index contributed by atoms with van der Waals surface area (Å²) in [5, 5.41) is 4.19. The largest absolute Gasteiger partial charge is 0.340 e. The van der Waals surface area contributed by atoms with Crippen molar-refractivity contribution in [1.29, 1.82) is 0 Å². The zero-order chi connectivity index (χ0) is 13.1. The van der Waals surface area contributed by atoms with Crippen molar-refractivity contribution >= 4 is 23.2 Å². The lowest BCUT2D eigenvalue weighted by Crippen LogP contribution is -1.96. The molecule has 0 bridgehead atoms. The highest BCUT2D eigenvalue weighted by Gasteiger charge is 2.03. The van der Waals surface area contributed by atoms with Gasteiger partial charge in [-0.05, 0) is 18.1 Å². The summed E-state index contributed by atoms with van der Waals surface area (Å²) in [6.07, 6.45) is 4.80. The van der Waals surface area contributed by atoms with Gasteiger partial charge in [0.2, 0.25) is 0 Å². The number of aromatic nitrogens is 4. The first-order valence-corrected chi connectivity index (χ1v) is 5.83. The number of hydrogen-bond acceptors (Lipinski definition) is 5. The third kappa shape index (κ3) is 2.28. The van der Waals surface area contributed by atoms with Crippen LogP contribution in [0.3, 0.4) is 0 Å². The maximum atomic E-state index is 4.19. The van der Waals surface area contributed by atoms with Gasteiger partial charge in [0, 0.05) is 0 Å². The SMILES string of the molecule is Cc1ccccc1C=NNc1ncnc2nc[nH]c12. The minimum atomic E-state index is 0.604. The first-order valence-electron chi connectivity index (χ1n) is 5.83. The summed E-state index contributed by atoms with van der Waals surface area (Å²) in [6.45, 7) is 2.04. The normalized spacial score (nSPS) is 11.2. The van der Waals surface area contributed by atoms with E-state index in [4.69, 9.17) is 0 Å². The summed E-state index contributed by atoms with van der Waals surface area (Å²) in [6, 6.07) is 8.02. The second-order valence-corrected chi connectivity index (χ2v) is 4.05. The van der Waals surface area contributed by atoms with Crippen molar-refractivity contribution in [3.8, 4) is 0 Å². The Bertz CT molecular complexity index is 731. The zero-order valence-electron chi connectivity index (χ0n) is 10.3. The first kappa shape index (κ1) is 11.3. The molecule has 0 unspecified atom stereocenters. The fourth-order valence-electron chi connectivity index (χ4n) is 1.74. The van der Waals surface area contributed by atoms with Gasteiger partial charge >= 0.3 is 0 Å². The van der Waals surface area contributed by atoms with Crippen LogP contribution in [0.2, 0.25) is 0 Å². The smallest absolute Gasteiger partial charge is 0.182 e. The fourth-order valence-corrected chi connectivity index (χ4v) is 1.74. The van der Waals surface area contributed by atoms with Crippen LogP contribution in [0.1, 0.15) is 11.1 Å². The van der Waals surface area contributed by atoms with Crippen LogP contribution in [0.15, 0.2) is 42.0 Å². The second kappa shape index (κ2) is 4.85. The van der Waals surface area contributed by atoms with Crippen molar-refractivity contribution in [2.75, 3.05) is 5.43 Å². The molecule has 6 heteroatoms. The third-order valence-electron chi connectivity index (χ3n) is 2.79. The Balaban J connectivity index is 1.83. The molecular formula is C13H12N6. The van der Waals surface area contributed by atoms with Gasteiger partial charge in [-0.1, -0.05) is 24.3 Å². The van der Waals surface area contributed by atoms with E-state index >= 15 is 0 Å². The highest BCUT2D eigenvalue weighted by Crippen LogP contribution is 2.14. The van der Waals surface area contributed by atoms with Gasteiger partial charge in [-0.15, -0.1) is 0 Å². The summed E-state index contributed by atoms with van der Waals surface area (Å²) < 4.78 is 0. The number of rotatable bonds is 3. The molecule has 6 nitrogen and oxygen atoms in total. The van der Waals surface area contributed by atoms with Crippen molar-refractivity contribution in [2.24, 2.45) is 5.10 Å². The van der Waals surface area contributed by atoms with E-state index in [2.05, 4.69) is 30.5 Å². The average Bonchev–Trinajstić information content (AvgIpc) is 2.90. The molecule has 0 aliphatic rings. The van der Waals surface area contributed by atoms with Crippen LogP contribution in [-0.2, 0) is 0 Å². The molecule has 0 saturated carbocycles. The highest BCUT2D eigenvalue weighted by atomic mass is 15.3. The number of hydrogen-bond donors (Lipinski definition) is 2. The number of H-pyrrole nitrogens is 1. The van der Waals surface area contributed by atoms with Crippen molar-refractivity contribution in [2.45, 2.75) is 6.92 Å². The molecule has 0 radical (unpaired) electrons. The molecule has 3 rings (SSSR count). The van der Waals surface area contributed by atoms with Crippen LogP contribution in [-0.4, -0.2) is 26.2 Å². The van der Waals surface area contributed by atoms with Gasteiger partial charge in [-0.2, -0.15) is 5.10 Å². The van der Waals surface area contributed by atoms with Gasteiger partial charge in [-0.3, -0.25) is 5.43 Å². The summed E-state index contributed by atoms with van der Waals surface area (Å²) in [5.41, 5.74) is 6.48. The van der Waals surface area contributed by atoms with E-state index in [1.165, 1.54) is 11.9 Å². The summed E-state index contributed by atoms with van der Waals surface area (Å²) in [7, 11) is 0. The van der Waals surface area contributed by atoms with E-state index in [0.717, 1.165) is 11.1 Å². The molecule has 1 aromatic carbocycles. The van der Waals surface area contributed by atoms with E-state index in [-0.39, 0.29) is 0 Å². The Morgan fingerprint density at radius 2 is 2.11 bits per heavy atom. The van der Waals surface area contributed by atoms with Gasteiger partial charge in [0.15, 0.2) is 11.5 Å². The van der Waals surface area contributed by atoms with E-state index in [0.29, 0.717) is 11.5 Å². The molecule has 19 heavy (non-hydrogen) atoms. The molecule has 2 N–H and O–H groups in total. The molecule has 2 aromatic heterocycles. The summed E-state index contributed by atoms with van der Waals surface area (Å²) in [5.74, 6) is 0.604. The number of aromatic amines is 1. The second-order valence-electron chi connectivity index (χ2n) is 4.05. The van der Waals surface area contributed by atoms with Gasteiger partial charge < -0.3 is 4.98 Å². The minimum absolute atomic E-state index is 0.604. The van der Waals surface area contributed by atoms with Gasteiger partial charge in [0.25, 0.3) is 0 Å². The predicted octanol–water partition coefficient (Wildman–Crippen LogP) is 2.11. The van der Waals surface area contributed by atoms with E-state index < -0.39 is 0 Å². The number of aryl methyl sites for hydroxylation is 1. The number of anilines is 1. The van der Waals surface area contributed by atoms with Gasteiger partial charge in [0.1, 0.15) is 11.8 Å². The molecular weight excluding hydrogens is 240 g/mol. The monoisotopic (exact) mass is 252 g/mol. The molecule has 0 fully saturated rings. The van der Waals surface area contributed by atoms with E-state index in [1.807, 2.05) is 31.2 Å². The lowest BCUT2D eigenvalue weighted by atomic mass is 10.1. The fraction of sp³-hybridized carbons (Fsp3) is 0.0769. The minimum Gasteiger partial charge on any atom is -0.340 e. The van der Waals surface area contributed by atoms with Crippen molar-refractivity contribution in [3.05, 3.63) is 48.0 Å². The number of nitrogens with zero attached hydrogens (tertiary/aromatic N) is 4. The lowest BCUT2D eigenvalue weighted by Gasteiger charge is -2.00. The first-order chi connectivity index (χ1) is 9.34. The molecule has 0 atom stereocenters. The number of imidazole rings is 1. The van der Waals surface area contributed by atoms with Crippen molar-refractivity contribution in [1.82, 2.24) is 19.9 Å². The van der Waals surface area contributed by atoms with Crippen LogP contribution < -0.4 is 5.43 Å². The third-order valence-corrected chi connectivity index (χ3v) is 2.79. The predicted molar refractivity (Wildman–Crippen MR) is 74.1 cm³/mol. The Kier molecular flexibility index (Phi) is 2.89. The van der Waals surface area contributed by atoms with Crippen LogP contribution in [0.5, 0.6) is 0 Å². The zero-order valence-corrected chi connectivity index (χ0v) is 10.3. The van der Waals surface area contributed by atoms with Crippen molar-refractivity contribution < 1.29 is 0 Å². The van der Waals surface area contributed by atoms with Crippen LogP contribution in [0.4, 0.5) is 5.82 Å². The molecule has 0 saturated heterocycles. The summed E-state index contributed by atoms with van der Waals surface area (Å²) in [4.78, 5) is 15.2. The maximum Gasteiger partial charge on any atom is 0.182 e. The van der Waals surface area contributed by atoms with Crippen LogP contribution in [0, 0.1) is 6.92 Å². The molecule has 0 spiro atoms. The van der Waals surface area contributed by atoms with Gasteiger partial charge in [-0.25, -0.2) is 15.0 Å². The Morgan fingerprint density at radius 1 is 1.21 bits per heavy atom. The number of fused-ring (bicyclic) bond motifs is 1. The molecule has 0 aliphatic carbocycles. The number of benzene rings is 1. The molecule has 3 aromatic rings. The quantitative estimate of drug-likeness (QED) is 0.552. The lowest BCUT2D eigenvalue weighted by molar-refractivity contribution is 1.17. The van der Waals surface area contributed by atoms with Gasteiger partial charge in [0.05, 0.1) is 12.5 Å². The molecule has 94 valence electrons. The highest BCUT2D eigenvalue weighted by molar-refractivity contribution is 5.85. The van der Waals surface area contributed by atoms with E-state index in [9.17, 15) is 0 Å². The maximum absolute atomic E-state index is 4.19. The number of hydrazone groups is 1. The van der Waals surface area contributed by atoms with Crippen LogP contribution >= 0.6 is 0 Å². The molecule has 0 aliphatic heterocycles.